The van der Waals surface area contributed by atoms with Crippen LogP contribution >= 0.6 is 0 Å². The summed E-state index contributed by atoms with van der Waals surface area (Å²) in [6, 6.07) is 6.34. The zero-order valence-electron chi connectivity index (χ0n) is 13.6. The first-order valence-electron chi connectivity index (χ1n) is 8.25. The van der Waals surface area contributed by atoms with Crippen molar-refractivity contribution >= 4 is 0 Å². The average molecular weight is 291 g/mol. The van der Waals surface area contributed by atoms with Gasteiger partial charge >= 0.3 is 0 Å². The van der Waals surface area contributed by atoms with Crippen LogP contribution in [-0.2, 0) is 6.54 Å². The summed E-state index contributed by atoms with van der Waals surface area (Å²) in [5.41, 5.74) is 0.986. The first-order valence-corrected chi connectivity index (χ1v) is 8.25. The molecule has 0 radical (unpaired) electrons. The molecule has 0 amide bonds. The number of aromatic hydroxyl groups is 1. The van der Waals surface area contributed by atoms with E-state index in [-0.39, 0.29) is 0 Å². The van der Waals surface area contributed by atoms with Crippen molar-refractivity contribution in [1.29, 1.82) is 0 Å². The highest BCUT2D eigenvalue weighted by molar-refractivity contribution is 5.39. The molecule has 0 aliphatic heterocycles. The minimum atomic E-state index is 0.347. The van der Waals surface area contributed by atoms with Crippen molar-refractivity contribution in [2.45, 2.75) is 58.5 Å². The topological polar surface area (TPSA) is 32.7 Å². The highest BCUT2D eigenvalue weighted by Crippen LogP contribution is 2.29. The molecule has 0 spiro atoms. The number of benzene rings is 1. The van der Waals surface area contributed by atoms with E-state index < -0.39 is 0 Å². The molecule has 0 atom stereocenters. The van der Waals surface area contributed by atoms with Gasteiger partial charge in [0, 0.05) is 24.2 Å². The monoisotopic (exact) mass is 291 g/mol. The van der Waals surface area contributed by atoms with Crippen molar-refractivity contribution in [3.05, 3.63) is 23.8 Å². The van der Waals surface area contributed by atoms with Crippen LogP contribution in [0, 0.1) is 5.92 Å². The zero-order valence-corrected chi connectivity index (χ0v) is 13.6. The summed E-state index contributed by atoms with van der Waals surface area (Å²) >= 11 is 0. The molecule has 0 unspecified atom stereocenters. The van der Waals surface area contributed by atoms with Gasteiger partial charge in [0.2, 0.25) is 0 Å². The fourth-order valence-corrected chi connectivity index (χ4v) is 3.07. The predicted molar refractivity (Wildman–Crippen MR) is 86.8 cm³/mol. The smallest absolute Gasteiger partial charge is 0.123 e. The number of hydrogen-bond donors (Lipinski definition) is 1. The van der Waals surface area contributed by atoms with Gasteiger partial charge in [0.05, 0.1) is 6.61 Å². The van der Waals surface area contributed by atoms with E-state index in [1.165, 1.54) is 25.7 Å². The number of nitrogens with zero attached hydrogens (tertiary/aromatic N) is 1. The Bertz CT molecular complexity index is 439. The number of ether oxygens (including phenoxy) is 1. The maximum Gasteiger partial charge on any atom is 0.123 e. The van der Waals surface area contributed by atoms with Gasteiger partial charge in [-0.05, 0) is 51.1 Å². The van der Waals surface area contributed by atoms with Crippen LogP contribution in [0.2, 0.25) is 0 Å². The van der Waals surface area contributed by atoms with Gasteiger partial charge in [-0.15, -0.1) is 0 Å². The summed E-state index contributed by atoms with van der Waals surface area (Å²) < 4.78 is 5.55. The second-order valence-corrected chi connectivity index (χ2v) is 6.47. The maximum atomic E-state index is 10.2. The normalized spacial score (nSPS) is 22.5. The van der Waals surface area contributed by atoms with E-state index in [0.717, 1.165) is 30.2 Å². The fourth-order valence-electron chi connectivity index (χ4n) is 3.07. The third-order valence-corrected chi connectivity index (χ3v) is 4.56. The van der Waals surface area contributed by atoms with Crippen molar-refractivity contribution in [3.63, 3.8) is 0 Å². The van der Waals surface area contributed by atoms with Crippen molar-refractivity contribution in [3.8, 4) is 11.5 Å². The molecule has 0 bridgehead atoms. The molecule has 2 rings (SSSR count). The van der Waals surface area contributed by atoms with Gasteiger partial charge in [-0.2, -0.15) is 0 Å². The van der Waals surface area contributed by atoms with E-state index in [9.17, 15) is 5.11 Å². The van der Waals surface area contributed by atoms with Crippen LogP contribution in [0.5, 0.6) is 11.5 Å². The van der Waals surface area contributed by atoms with Crippen molar-refractivity contribution in [2.75, 3.05) is 13.7 Å². The largest absolute Gasteiger partial charge is 0.507 e. The molecule has 0 saturated heterocycles. The SMILES string of the molecule is CCCOc1ccc(CN(C)C2CCC(C)CC2)c(O)c1. The van der Waals surface area contributed by atoms with Gasteiger partial charge in [0.15, 0.2) is 0 Å². The van der Waals surface area contributed by atoms with Crippen LogP contribution in [0.25, 0.3) is 0 Å². The molecule has 1 saturated carbocycles. The molecular weight excluding hydrogens is 262 g/mol. The number of rotatable bonds is 6. The van der Waals surface area contributed by atoms with Gasteiger partial charge in [-0.1, -0.05) is 19.9 Å². The van der Waals surface area contributed by atoms with E-state index >= 15 is 0 Å². The lowest BCUT2D eigenvalue weighted by atomic mass is 9.86. The lowest BCUT2D eigenvalue weighted by Crippen LogP contribution is -2.34. The van der Waals surface area contributed by atoms with Crippen molar-refractivity contribution in [1.82, 2.24) is 4.90 Å². The van der Waals surface area contributed by atoms with E-state index in [4.69, 9.17) is 4.74 Å². The summed E-state index contributed by atoms with van der Waals surface area (Å²) in [4.78, 5) is 2.38. The van der Waals surface area contributed by atoms with Crippen LogP contribution in [0.3, 0.4) is 0 Å². The Balaban J connectivity index is 1.92. The van der Waals surface area contributed by atoms with E-state index in [0.29, 0.717) is 18.4 Å². The first-order chi connectivity index (χ1) is 10.1. The molecule has 3 heteroatoms. The third kappa shape index (κ3) is 4.63. The van der Waals surface area contributed by atoms with Crippen LogP contribution < -0.4 is 4.74 Å². The number of phenolic OH excluding ortho intramolecular Hbond substituents is 1. The summed E-state index contributed by atoms with van der Waals surface area (Å²) in [7, 11) is 2.17. The molecule has 1 fully saturated rings. The zero-order chi connectivity index (χ0) is 15.2. The Morgan fingerprint density at radius 1 is 1.24 bits per heavy atom. The molecule has 1 aliphatic carbocycles. The van der Waals surface area contributed by atoms with Gasteiger partial charge in [-0.3, -0.25) is 4.90 Å². The lowest BCUT2D eigenvalue weighted by molar-refractivity contribution is 0.162. The Morgan fingerprint density at radius 3 is 2.57 bits per heavy atom. The Morgan fingerprint density at radius 2 is 1.95 bits per heavy atom. The average Bonchev–Trinajstić information content (AvgIpc) is 2.48. The highest BCUT2D eigenvalue weighted by Gasteiger charge is 2.22. The van der Waals surface area contributed by atoms with Crippen molar-refractivity contribution in [2.24, 2.45) is 5.92 Å². The molecule has 1 N–H and O–H groups in total. The molecule has 1 aliphatic rings. The standard InChI is InChI=1S/C18H29NO2/c1-4-11-21-17-10-7-15(18(20)12-17)13-19(3)16-8-5-14(2)6-9-16/h7,10,12,14,16,20H,4-6,8-9,11,13H2,1-3H3. The van der Waals surface area contributed by atoms with Gasteiger partial charge in [0.25, 0.3) is 0 Å². The molecule has 1 aromatic rings. The summed E-state index contributed by atoms with van der Waals surface area (Å²) in [5.74, 6) is 1.98. The number of phenols is 1. The molecule has 118 valence electrons. The van der Waals surface area contributed by atoms with Gasteiger partial charge in [0.1, 0.15) is 11.5 Å². The van der Waals surface area contributed by atoms with E-state index in [2.05, 4.69) is 25.8 Å². The summed E-state index contributed by atoms with van der Waals surface area (Å²) in [5, 5.41) is 10.2. The van der Waals surface area contributed by atoms with Crippen LogP contribution in [0.4, 0.5) is 0 Å². The maximum absolute atomic E-state index is 10.2. The van der Waals surface area contributed by atoms with Crippen molar-refractivity contribution < 1.29 is 9.84 Å². The second kappa shape index (κ2) is 7.69. The summed E-state index contributed by atoms with van der Waals surface area (Å²) in [6.45, 7) is 5.92. The molecule has 3 nitrogen and oxygen atoms in total. The fraction of sp³-hybridized carbons (Fsp3) is 0.667. The first kappa shape index (κ1) is 16.2. The molecule has 21 heavy (non-hydrogen) atoms. The predicted octanol–water partition coefficient (Wildman–Crippen LogP) is 4.19. The summed E-state index contributed by atoms with van der Waals surface area (Å²) in [6.07, 6.45) is 6.17. The highest BCUT2D eigenvalue weighted by atomic mass is 16.5. The van der Waals surface area contributed by atoms with Crippen LogP contribution in [0.15, 0.2) is 18.2 Å². The van der Waals surface area contributed by atoms with E-state index in [1.54, 1.807) is 6.07 Å². The second-order valence-electron chi connectivity index (χ2n) is 6.47. The van der Waals surface area contributed by atoms with E-state index in [1.807, 2.05) is 12.1 Å². The Labute approximate surface area is 128 Å². The minimum Gasteiger partial charge on any atom is -0.507 e. The molecule has 0 heterocycles. The third-order valence-electron chi connectivity index (χ3n) is 4.56. The Hall–Kier alpha value is -1.22. The molecule has 0 aromatic heterocycles. The molecule has 1 aromatic carbocycles. The van der Waals surface area contributed by atoms with Crippen LogP contribution in [0.1, 0.15) is 51.5 Å². The lowest BCUT2D eigenvalue weighted by Gasteiger charge is -2.33. The number of hydrogen-bond acceptors (Lipinski definition) is 3. The quantitative estimate of drug-likeness (QED) is 0.853. The minimum absolute atomic E-state index is 0.347. The van der Waals surface area contributed by atoms with Gasteiger partial charge < -0.3 is 9.84 Å². The van der Waals surface area contributed by atoms with Gasteiger partial charge in [-0.25, -0.2) is 0 Å². The molecular formula is C18H29NO2. The van der Waals surface area contributed by atoms with Crippen LogP contribution in [-0.4, -0.2) is 29.7 Å². The Kier molecular flexibility index (Phi) is 5.92.